The Morgan fingerprint density at radius 2 is 1.81 bits per heavy atom. The molecule has 2 saturated heterocycles. The molecule has 3 amide bonds. The molecule has 2 heterocycles. The number of carbonyl (C=O) groups is 3. The van der Waals surface area contributed by atoms with Crippen LogP contribution in [0.1, 0.15) is 22.8 Å². The molecule has 3 atom stereocenters. The Morgan fingerprint density at radius 1 is 1.12 bits per heavy atom. The molecule has 168 valence electrons. The van der Waals surface area contributed by atoms with Gasteiger partial charge in [-0.2, -0.15) is 0 Å². The van der Waals surface area contributed by atoms with Gasteiger partial charge in [-0.25, -0.2) is 8.78 Å². The van der Waals surface area contributed by atoms with Crippen molar-refractivity contribution in [3.63, 3.8) is 0 Å². The molecular weight excluding hydrogens is 420 g/mol. The van der Waals surface area contributed by atoms with Crippen LogP contribution in [0.3, 0.4) is 0 Å². The van der Waals surface area contributed by atoms with E-state index in [1.54, 1.807) is 6.92 Å². The molecule has 2 fully saturated rings. The zero-order valence-electron chi connectivity index (χ0n) is 17.5. The molecule has 9 heteroatoms. The first-order valence-electron chi connectivity index (χ1n) is 10.4. The van der Waals surface area contributed by atoms with E-state index in [1.807, 2.05) is 30.3 Å². The number of carbonyl (C=O) groups excluding carboxylic acids is 3. The lowest BCUT2D eigenvalue weighted by Gasteiger charge is -2.46. The highest BCUT2D eigenvalue weighted by molar-refractivity contribution is 5.99. The van der Waals surface area contributed by atoms with Gasteiger partial charge in [0.15, 0.2) is 0 Å². The Hall–Kier alpha value is -3.33. The van der Waals surface area contributed by atoms with Gasteiger partial charge in [0.2, 0.25) is 11.8 Å². The Bertz CT molecular complexity index is 1010. The second kappa shape index (κ2) is 9.04. The third-order valence-corrected chi connectivity index (χ3v) is 5.75. The Balaban J connectivity index is 1.41. The molecule has 0 bridgehead atoms. The van der Waals surface area contributed by atoms with Crippen molar-refractivity contribution in [2.45, 2.75) is 31.7 Å². The number of benzene rings is 2. The van der Waals surface area contributed by atoms with Crippen molar-refractivity contribution in [3.05, 3.63) is 71.3 Å². The first-order valence-corrected chi connectivity index (χ1v) is 10.4. The fraction of sp³-hybridized carbons (Fsp3) is 0.348. The standard InChI is InChI=1S/C23H23F2N3O4/c1-14(32-13-15-5-3-2-4-6-15)20-23(31)28-8-7-27(12-19(28)21(29)26-20)22(30)16-9-17(24)11-18(25)10-16/h2-6,9-11,14,19-20H,7-8,12-13H2,1H3,(H,26,29)/t14-,19-,20+/m1/s1. The Kier molecular flexibility index (Phi) is 6.18. The molecule has 2 aliphatic heterocycles. The predicted molar refractivity (Wildman–Crippen MR) is 110 cm³/mol. The van der Waals surface area contributed by atoms with Gasteiger partial charge in [0, 0.05) is 24.7 Å². The second-order valence-corrected chi connectivity index (χ2v) is 7.94. The van der Waals surface area contributed by atoms with Crippen molar-refractivity contribution in [2.24, 2.45) is 0 Å². The van der Waals surface area contributed by atoms with Crippen LogP contribution < -0.4 is 5.32 Å². The molecule has 2 aromatic rings. The van der Waals surface area contributed by atoms with Gasteiger partial charge in [-0.1, -0.05) is 30.3 Å². The van der Waals surface area contributed by atoms with Crippen LogP contribution in [0.5, 0.6) is 0 Å². The van der Waals surface area contributed by atoms with E-state index in [1.165, 1.54) is 9.80 Å². The number of nitrogens with one attached hydrogen (secondary N) is 1. The van der Waals surface area contributed by atoms with E-state index in [4.69, 9.17) is 4.74 Å². The summed E-state index contributed by atoms with van der Waals surface area (Å²) >= 11 is 0. The van der Waals surface area contributed by atoms with E-state index in [-0.39, 0.29) is 31.1 Å². The number of rotatable bonds is 5. The number of piperazine rings is 2. The second-order valence-electron chi connectivity index (χ2n) is 7.94. The molecule has 4 rings (SSSR count). The molecule has 0 radical (unpaired) electrons. The average Bonchev–Trinajstić information content (AvgIpc) is 2.79. The van der Waals surface area contributed by atoms with Crippen molar-refractivity contribution >= 4 is 17.7 Å². The third-order valence-electron chi connectivity index (χ3n) is 5.75. The summed E-state index contributed by atoms with van der Waals surface area (Å²) in [5.74, 6) is -2.98. The van der Waals surface area contributed by atoms with Crippen LogP contribution in [0, 0.1) is 11.6 Å². The quantitative estimate of drug-likeness (QED) is 0.764. The number of amides is 3. The fourth-order valence-electron chi connectivity index (χ4n) is 4.02. The van der Waals surface area contributed by atoms with E-state index in [9.17, 15) is 23.2 Å². The summed E-state index contributed by atoms with van der Waals surface area (Å²) in [5.41, 5.74) is 0.812. The van der Waals surface area contributed by atoms with Gasteiger partial charge in [0.25, 0.3) is 5.91 Å². The first-order chi connectivity index (χ1) is 15.3. The van der Waals surface area contributed by atoms with Crippen molar-refractivity contribution in [1.29, 1.82) is 0 Å². The van der Waals surface area contributed by atoms with Crippen molar-refractivity contribution in [1.82, 2.24) is 15.1 Å². The fourth-order valence-corrected chi connectivity index (χ4v) is 4.02. The van der Waals surface area contributed by atoms with Gasteiger partial charge >= 0.3 is 0 Å². The summed E-state index contributed by atoms with van der Waals surface area (Å²) in [6.45, 7) is 2.27. The highest BCUT2D eigenvalue weighted by atomic mass is 19.1. The predicted octanol–water partition coefficient (Wildman–Crippen LogP) is 1.72. The summed E-state index contributed by atoms with van der Waals surface area (Å²) < 4.78 is 32.8. The maximum atomic E-state index is 13.5. The van der Waals surface area contributed by atoms with Crippen LogP contribution >= 0.6 is 0 Å². The lowest BCUT2D eigenvalue weighted by atomic mass is 10.0. The van der Waals surface area contributed by atoms with Gasteiger partial charge < -0.3 is 19.9 Å². The van der Waals surface area contributed by atoms with Crippen molar-refractivity contribution in [2.75, 3.05) is 19.6 Å². The molecule has 0 saturated carbocycles. The molecule has 2 aromatic carbocycles. The van der Waals surface area contributed by atoms with Gasteiger partial charge in [0.05, 0.1) is 19.3 Å². The van der Waals surface area contributed by atoms with Crippen LogP contribution in [-0.4, -0.2) is 65.3 Å². The number of ether oxygens (including phenoxy) is 1. The van der Waals surface area contributed by atoms with Gasteiger partial charge in [-0.3, -0.25) is 14.4 Å². The average molecular weight is 443 g/mol. The summed E-state index contributed by atoms with van der Waals surface area (Å²) in [7, 11) is 0. The monoisotopic (exact) mass is 443 g/mol. The highest BCUT2D eigenvalue weighted by Crippen LogP contribution is 2.21. The number of halogens is 2. The molecule has 0 aliphatic carbocycles. The molecule has 32 heavy (non-hydrogen) atoms. The molecular formula is C23H23F2N3O4. The summed E-state index contributed by atoms with van der Waals surface area (Å²) in [5, 5.41) is 2.71. The normalized spacial score (nSPS) is 21.7. The minimum absolute atomic E-state index is 0.0550. The Morgan fingerprint density at radius 3 is 2.50 bits per heavy atom. The van der Waals surface area contributed by atoms with Crippen LogP contribution in [0.2, 0.25) is 0 Å². The largest absolute Gasteiger partial charge is 0.371 e. The summed E-state index contributed by atoms with van der Waals surface area (Å²) in [6.07, 6.45) is -0.553. The zero-order valence-corrected chi connectivity index (χ0v) is 17.5. The number of fused-ring (bicyclic) bond motifs is 1. The number of hydrogen-bond acceptors (Lipinski definition) is 4. The topological polar surface area (TPSA) is 79.0 Å². The van der Waals surface area contributed by atoms with Crippen LogP contribution in [-0.2, 0) is 20.9 Å². The maximum absolute atomic E-state index is 13.5. The molecule has 2 aliphatic rings. The lowest BCUT2D eigenvalue weighted by Crippen LogP contribution is -2.71. The maximum Gasteiger partial charge on any atom is 0.254 e. The van der Waals surface area contributed by atoms with Crippen LogP contribution in [0.4, 0.5) is 8.78 Å². The summed E-state index contributed by atoms with van der Waals surface area (Å²) in [6, 6.07) is 10.4. The van der Waals surface area contributed by atoms with E-state index in [0.29, 0.717) is 12.7 Å². The van der Waals surface area contributed by atoms with E-state index < -0.39 is 41.6 Å². The number of nitrogens with zero attached hydrogens (tertiary/aromatic N) is 2. The van der Waals surface area contributed by atoms with Gasteiger partial charge in [-0.15, -0.1) is 0 Å². The SMILES string of the molecule is C[C@@H](OCc1ccccc1)[C@@H]1NC(=O)[C@H]2CN(C(=O)c3cc(F)cc(F)c3)CCN2C1=O. The van der Waals surface area contributed by atoms with Crippen molar-refractivity contribution in [3.8, 4) is 0 Å². The molecule has 0 aromatic heterocycles. The van der Waals surface area contributed by atoms with Crippen molar-refractivity contribution < 1.29 is 27.9 Å². The smallest absolute Gasteiger partial charge is 0.254 e. The lowest BCUT2D eigenvalue weighted by molar-refractivity contribution is -0.156. The molecule has 1 N–H and O–H groups in total. The van der Waals surface area contributed by atoms with Crippen LogP contribution in [0.25, 0.3) is 0 Å². The zero-order chi connectivity index (χ0) is 22.8. The minimum atomic E-state index is -0.865. The Labute approximate surface area is 183 Å². The summed E-state index contributed by atoms with van der Waals surface area (Å²) in [4.78, 5) is 41.3. The molecule has 0 unspecified atom stereocenters. The van der Waals surface area contributed by atoms with E-state index in [0.717, 1.165) is 17.7 Å². The number of hydrogen-bond donors (Lipinski definition) is 1. The molecule has 7 nitrogen and oxygen atoms in total. The first kappa shape index (κ1) is 21.9. The third kappa shape index (κ3) is 4.47. The highest BCUT2D eigenvalue weighted by Gasteiger charge is 2.46. The van der Waals surface area contributed by atoms with Gasteiger partial charge in [0.1, 0.15) is 23.7 Å². The van der Waals surface area contributed by atoms with Crippen LogP contribution in [0.15, 0.2) is 48.5 Å². The van der Waals surface area contributed by atoms with E-state index >= 15 is 0 Å². The molecule has 0 spiro atoms. The van der Waals surface area contributed by atoms with E-state index in [2.05, 4.69) is 5.32 Å². The van der Waals surface area contributed by atoms with Gasteiger partial charge in [-0.05, 0) is 24.6 Å². The minimum Gasteiger partial charge on any atom is -0.371 e.